The summed E-state index contributed by atoms with van der Waals surface area (Å²) >= 11 is 0. The van der Waals surface area contributed by atoms with Gasteiger partial charge in [0.2, 0.25) is 5.89 Å². The van der Waals surface area contributed by atoms with E-state index in [9.17, 15) is 0 Å². The number of hydrogen-bond acceptors (Lipinski definition) is 5. The predicted molar refractivity (Wildman–Crippen MR) is 40.8 cm³/mol. The molecule has 1 rings (SSSR count). The van der Waals surface area contributed by atoms with Crippen molar-refractivity contribution in [1.29, 1.82) is 0 Å². The van der Waals surface area contributed by atoms with Gasteiger partial charge in [-0.1, -0.05) is 25.9 Å². The van der Waals surface area contributed by atoms with Crippen LogP contribution in [0.3, 0.4) is 0 Å². The average Bonchev–Trinajstić information content (AvgIpc) is 2.32. The molecular weight excluding hydrogens is 144 g/mol. The molecule has 62 valence electrons. The SMILES string of the molecule is CC(C)(C)c1nnc(NN)o1. The van der Waals surface area contributed by atoms with Crippen LogP contribution in [0.1, 0.15) is 26.7 Å². The van der Waals surface area contributed by atoms with E-state index in [4.69, 9.17) is 10.3 Å². The molecule has 1 aromatic heterocycles. The maximum atomic E-state index is 5.14. The van der Waals surface area contributed by atoms with Crippen LogP contribution in [0.4, 0.5) is 6.01 Å². The van der Waals surface area contributed by atoms with Crippen LogP contribution in [0.25, 0.3) is 0 Å². The van der Waals surface area contributed by atoms with Crippen LogP contribution in [0, 0.1) is 0 Å². The fourth-order valence-electron chi connectivity index (χ4n) is 0.585. The van der Waals surface area contributed by atoms with Gasteiger partial charge in [-0.15, -0.1) is 5.10 Å². The van der Waals surface area contributed by atoms with Gasteiger partial charge in [0.1, 0.15) is 0 Å². The van der Waals surface area contributed by atoms with Crippen LogP contribution in [0.5, 0.6) is 0 Å². The Kier molecular flexibility index (Phi) is 1.82. The maximum absolute atomic E-state index is 5.14. The van der Waals surface area contributed by atoms with Gasteiger partial charge in [0.25, 0.3) is 0 Å². The largest absolute Gasteiger partial charge is 0.407 e. The van der Waals surface area contributed by atoms with Crippen molar-refractivity contribution < 1.29 is 4.42 Å². The summed E-state index contributed by atoms with van der Waals surface area (Å²) in [5, 5.41) is 7.45. The van der Waals surface area contributed by atoms with Crippen molar-refractivity contribution in [2.24, 2.45) is 5.84 Å². The minimum atomic E-state index is -0.123. The van der Waals surface area contributed by atoms with E-state index in [0.717, 1.165) is 0 Å². The van der Waals surface area contributed by atoms with Crippen LogP contribution in [0.2, 0.25) is 0 Å². The molecule has 3 N–H and O–H groups in total. The normalized spacial score (nSPS) is 11.6. The zero-order valence-electron chi connectivity index (χ0n) is 6.88. The summed E-state index contributed by atoms with van der Waals surface area (Å²) in [4.78, 5) is 0. The Bertz CT molecular complexity index is 237. The molecule has 0 radical (unpaired) electrons. The molecule has 0 aliphatic carbocycles. The first-order chi connectivity index (χ1) is 5.04. The van der Waals surface area contributed by atoms with Gasteiger partial charge >= 0.3 is 6.01 Å². The number of rotatable bonds is 1. The van der Waals surface area contributed by atoms with E-state index in [0.29, 0.717) is 5.89 Å². The highest BCUT2D eigenvalue weighted by atomic mass is 16.4. The lowest BCUT2D eigenvalue weighted by Crippen LogP contribution is -2.11. The number of hydrogen-bond donors (Lipinski definition) is 2. The predicted octanol–water partition coefficient (Wildman–Crippen LogP) is 0.653. The second kappa shape index (κ2) is 2.50. The summed E-state index contributed by atoms with van der Waals surface area (Å²) in [7, 11) is 0. The summed E-state index contributed by atoms with van der Waals surface area (Å²) in [5.74, 6) is 5.63. The second-order valence-electron chi connectivity index (χ2n) is 3.31. The summed E-state index contributed by atoms with van der Waals surface area (Å²) in [6.07, 6.45) is 0. The van der Waals surface area contributed by atoms with Crippen LogP contribution >= 0.6 is 0 Å². The van der Waals surface area contributed by atoms with Crippen molar-refractivity contribution in [2.45, 2.75) is 26.2 Å². The highest BCUT2D eigenvalue weighted by Crippen LogP contribution is 2.21. The molecule has 5 nitrogen and oxygen atoms in total. The number of nitrogens with zero attached hydrogens (tertiary/aromatic N) is 2. The molecule has 0 amide bonds. The fraction of sp³-hybridized carbons (Fsp3) is 0.667. The van der Waals surface area contributed by atoms with Gasteiger partial charge in [-0.05, 0) is 0 Å². The van der Waals surface area contributed by atoms with Crippen LogP contribution in [-0.2, 0) is 5.41 Å². The molecule has 0 saturated carbocycles. The first-order valence-corrected chi connectivity index (χ1v) is 3.34. The Morgan fingerprint density at radius 3 is 2.27 bits per heavy atom. The Labute approximate surface area is 65.0 Å². The Balaban J connectivity index is 2.89. The van der Waals surface area contributed by atoms with Crippen molar-refractivity contribution in [3.8, 4) is 0 Å². The lowest BCUT2D eigenvalue weighted by molar-refractivity contribution is 0.399. The van der Waals surface area contributed by atoms with Gasteiger partial charge in [0.15, 0.2) is 0 Å². The van der Waals surface area contributed by atoms with E-state index in [1.54, 1.807) is 0 Å². The highest BCUT2D eigenvalue weighted by molar-refractivity contribution is 5.14. The van der Waals surface area contributed by atoms with Crippen molar-refractivity contribution in [3.63, 3.8) is 0 Å². The number of aromatic nitrogens is 2. The van der Waals surface area contributed by atoms with E-state index < -0.39 is 0 Å². The van der Waals surface area contributed by atoms with E-state index in [1.807, 2.05) is 20.8 Å². The molecule has 0 aromatic carbocycles. The average molecular weight is 156 g/mol. The first-order valence-electron chi connectivity index (χ1n) is 3.34. The van der Waals surface area contributed by atoms with Gasteiger partial charge in [0, 0.05) is 5.41 Å². The fourth-order valence-corrected chi connectivity index (χ4v) is 0.585. The van der Waals surface area contributed by atoms with E-state index in [2.05, 4.69) is 15.6 Å². The summed E-state index contributed by atoms with van der Waals surface area (Å²) in [5.41, 5.74) is 2.16. The quantitative estimate of drug-likeness (QED) is 0.461. The van der Waals surface area contributed by atoms with Crippen LogP contribution in [-0.4, -0.2) is 10.2 Å². The maximum Gasteiger partial charge on any atom is 0.330 e. The Morgan fingerprint density at radius 2 is 2.00 bits per heavy atom. The van der Waals surface area contributed by atoms with Crippen molar-refractivity contribution >= 4 is 6.01 Å². The lowest BCUT2D eigenvalue weighted by Gasteiger charge is -2.10. The molecule has 0 unspecified atom stereocenters. The molecular formula is C6H12N4O. The van der Waals surface area contributed by atoms with Crippen molar-refractivity contribution in [1.82, 2.24) is 10.2 Å². The minimum absolute atomic E-state index is 0.123. The topological polar surface area (TPSA) is 77.0 Å². The number of anilines is 1. The van der Waals surface area contributed by atoms with Gasteiger partial charge in [-0.3, -0.25) is 5.43 Å². The first kappa shape index (κ1) is 8.00. The molecule has 11 heavy (non-hydrogen) atoms. The van der Waals surface area contributed by atoms with Gasteiger partial charge in [0.05, 0.1) is 0 Å². The summed E-state index contributed by atoms with van der Waals surface area (Å²) < 4.78 is 5.14. The molecule has 1 aromatic rings. The third-order valence-corrected chi connectivity index (χ3v) is 1.19. The minimum Gasteiger partial charge on any atom is -0.407 e. The molecule has 0 atom stereocenters. The molecule has 0 bridgehead atoms. The Morgan fingerprint density at radius 1 is 1.36 bits per heavy atom. The molecule has 5 heteroatoms. The molecule has 0 aliphatic rings. The number of nitrogens with one attached hydrogen (secondary N) is 1. The third kappa shape index (κ3) is 1.68. The highest BCUT2D eigenvalue weighted by Gasteiger charge is 2.20. The van der Waals surface area contributed by atoms with E-state index >= 15 is 0 Å². The van der Waals surface area contributed by atoms with Crippen LogP contribution < -0.4 is 11.3 Å². The zero-order chi connectivity index (χ0) is 8.48. The van der Waals surface area contributed by atoms with Crippen molar-refractivity contribution in [2.75, 3.05) is 5.43 Å². The summed E-state index contributed by atoms with van der Waals surface area (Å²) in [6, 6.07) is 0.245. The second-order valence-corrected chi connectivity index (χ2v) is 3.31. The Hall–Kier alpha value is -1.10. The zero-order valence-corrected chi connectivity index (χ0v) is 6.88. The molecule has 0 fully saturated rings. The monoisotopic (exact) mass is 156 g/mol. The van der Waals surface area contributed by atoms with Gasteiger partial charge in [-0.2, -0.15) is 0 Å². The van der Waals surface area contributed by atoms with E-state index in [-0.39, 0.29) is 11.4 Å². The number of nitrogens with two attached hydrogens (primary N) is 1. The molecule has 0 aliphatic heterocycles. The smallest absolute Gasteiger partial charge is 0.330 e. The standard InChI is InChI=1S/C6H12N4O/c1-6(2,3)4-9-10-5(8-7)11-4/h7H2,1-3H3,(H,8,10). The molecule has 1 heterocycles. The van der Waals surface area contributed by atoms with Gasteiger partial charge in [-0.25, -0.2) is 5.84 Å². The third-order valence-electron chi connectivity index (χ3n) is 1.19. The van der Waals surface area contributed by atoms with Crippen molar-refractivity contribution in [3.05, 3.63) is 5.89 Å². The van der Waals surface area contributed by atoms with Gasteiger partial charge < -0.3 is 4.42 Å². The summed E-state index contributed by atoms with van der Waals surface area (Å²) in [6.45, 7) is 5.96. The number of nitrogen functional groups attached to an aromatic ring is 1. The lowest BCUT2D eigenvalue weighted by atomic mass is 9.97. The number of hydrazine groups is 1. The molecule has 0 saturated heterocycles. The molecule has 0 spiro atoms. The van der Waals surface area contributed by atoms with E-state index in [1.165, 1.54) is 0 Å². The van der Waals surface area contributed by atoms with Crippen LogP contribution in [0.15, 0.2) is 4.42 Å².